The summed E-state index contributed by atoms with van der Waals surface area (Å²) in [6, 6.07) is 0. The number of aromatic nitrogens is 12. The number of hydrogen-bond donors (Lipinski definition) is 2. The Balaban J connectivity index is 0.000000111. The van der Waals surface area contributed by atoms with E-state index < -0.39 is 0 Å². The minimum atomic E-state index is 0.491. The molecule has 88 valence electrons. The number of fused-ring (bicyclic) bond motifs is 2. The largest absolute Gasteiger partial charge is 0.326 e. The number of aromatic amines is 2. The Morgan fingerprint density at radius 1 is 0.611 bits per heavy atom. The van der Waals surface area contributed by atoms with Gasteiger partial charge in [-0.3, -0.25) is 0 Å². The molecule has 0 saturated carbocycles. The average molecular weight is 244 g/mol. The van der Waals surface area contributed by atoms with Crippen LogP contribution in [0.2, 0.25) is 0 Å². The summed E-state index contributed by atoms with van der Waals surface area (Å²) >= 11 is 0. The fourth-order valence-corrected chi connectivity index (χ4v) is 1.11. The van der Waals surface area contributed by atoms with Gasteiger partial charge in [0.15, 0.2) is 0 Å². The summed E-state index contributed by atoms with van der Waals surface area (Å²) in [4.78, 5) is 13.0. The molecule has 4 aromatic rings. The van der Waals surface area contributed by atoms with E-state index in [1.807, 2.05) is 0 Å². The molecule has 0 aliphatic heterocycles. The Labute approximate surface area is 97.3 Å². The van der Waals surface area contributed by atoms with Gasteiger partial charge >= 0.3 is 0 Å². The van der Waals surface area contributed by atoms with Crippen molar-refractivity contribution < 1.29 is 0 Å². The van der Waals surface area contributed by atoms with Crippen molar-refractivity contribution in [2.24, 2.45) is 0 Å². The normalized spacial score (nSPS) is 10.2. The molecule has 4 aromatic heterocycles. The van der Waals surface area contributed by atoms with E-state index in [9.17, 15) is 0 Å². The molecular formula is C6H4N12. The van der Waals surface area contributed by atoms with Crippen molar-refractivity contribution in [2.45, 2.75) is 0 Å². The van der Waals surface area contributed by atoms with Gasteiger partial charge in [0.1, 0.15) is 0 Å². The topological polar surface area (TPSA) is 160 Å². The van der Waals surface area contributed by atoms with Gasteiger partial charge in [-0.1, -0.05) is 0 Å². The smallest absolute Gasteiger partial charge is 0.222 e. The number of H-pyrrole nitrogens is 2. The standard InChI is InChI=1S/2C3H2N6/c2*1-4-2-3(5-1)7-9-8-6-2/h2*1H,(H,4,5,6,7,8,9). The highest BCUT2D eigenvalue weighted by atomic mass is 15.4. The molecule has 0 bridgehead atoms. The van der Waals surface area contributed by atoms with Crippen molar-refractivity contribution in [2.75, 3.05) is 0 Å². The Morgan fingerprint density at radius 2 is 1.06 bits per heavy atom. The van der Waals surface area contributed by atoms with Gasteiger partial charge in [-0.05, 0) is 20.9 Å². The molecule has 12 nitrogen and oxygen atoms in total. The first-order valence-corrected chi connectivity index (χ1v) is 4.64. The van der Waals surface area contributed by atoms with Crippen LogP contribution in [0.25, 0.3) is 22.6 Å². The van der Waals surface area contributed by atoms with E-state index in [0.29, 0.717) is 22.6 Å². The van der Waals surface area contributed by atoms with Crippen molar-refractivity contribution in [3.63, 3.8) is 0 Å². The molecule has 0 spiro atoms. The zero-order valence-electron chi connectivity index (χ0n) is 8.63. The van der Waals surface area contributed by atoms with Crippen LogP contribution >= 0.6 is 0 Å². The molecule has 0 aromatic carbocycles. The first-order chi connectivity index (χ1) is 8.93. The van der Waals surface area contributed by atoms with Crippen molar-refractivity contribution in [1.29, 1.82) is 0 Å². The lowest BCUT2D eigenvalue weighted by atomic mass is 10.8. The van der Waals surface area contributed by atoms with Crippen LogP contribution in [0.1, 0.15) is 0 Å². The molecule has 0 saturated heterocycles. The minimum absolute atomic E-state index is 0.491. The lowest BCUT2D eigenvalue weighted by Crippen LogP contribution is -1.90. The molecule has 0 atom stereocenters. The van der Waals surface area contributed by atoms with E-state index in [2.05, 4.69) is 61.2 Å². The Kier molecular flexibility index (Phi) is 2.42. The highest BCUT2D eigenvalue weighted by Crippen LogP contribution is 1.94. The number of hydrogen-bond acceptors (Lipinski definition) is 10. The van der Waals surface area contributed by atoms with Crippen LogP contribution in [0.3, 0.4) is 0 Å². The van der Waals surface area contributed by atoms with Crippen LogP contribution in [0.5, 0.6) is 0 Å². The lowest BCUT2D eigenvalue weighted by molar-refractivity contribution is 0.790. The summed E-state index contributed by atoms with van der Waals surface area (Å²) in [7, 11) is 0. The molecule has 0 radical (unpaired) electrons. The first-order valence-electron chi connectivity index (χ1n) is 4.64. The van der Waals surface area contributed by atoms with Gasteiger partial charge < -0.3 is 9.97 Å². The Bertz CT molecular complexity index is 631. The molecule has 4 heterocycles. The number of nitrogens with one attached hydrogen (secondary N) is 2. The molecule has 0 amide bonds. The van der Waals surface area contributed by atoms with Crippen molar-refractivity contribution in [1.82, 2.24) is 61.2 Å². The fourth-order valence-electron chi connectivity index (χ4n) is 1.11. The Hall–Kier alpha value is -3.18. The average Bonchev–Trinajstić information content (AvgIpc) is 3.08. The van der Waals surface area contributed by atoms with Gasteiger partial charge in [-0.15, -0.1) is 20.4 Å². The molecule has 0 unspecified atom stereocenters. The van der Waals surface area contributed by atoms with E-state index in [1.165, 1.54) is 12.7 Å². The minimum Gasteiger partial charge on any atom is -0.326 e. The molecule has 0 aliphatic carbocycles. The van der Waals surface area contributed by atoms with Gasteiger partial charge in [-0.25, -0.2) is 9.97 Å². The number of rotatable bonds is 0. The quantitative estimate of drug-likeness (QED) is 0.364. The summed E-state index contributed by atoms with van der Waals surface area (Å²) in [5.41, 5.74) is 2.10. The van der Waals surface area contributed by atoms with Gasteiger partial charge in [-0.2, -0.15) is 0 Å². The van der Waals surface area contributed by atoms with E-state index >= 15 is 0 Å². The van der Waals surface area contributed by atoms with Crippen LogP contribution in [0.15, 0.2) is 12.7 Å². The molecule has 4 rings (SSSR count). The van der Waals surface area contributed by atoms with Crippen LogP contribution in [-0.2, 0) is 0 Å². The Morgan fingerprint density at radius 3 is 1.50 bits per heavy atom. The van der Waals surface area contributed by atoms with Crippen LogP contribution < -0.4 is 0 Å². The van der Waals surface area contributed by atoms with Crippen LogP contribution in [0.4, 0.5) is 0 Å². The lowest BCUT2D eigenvalue weighted by Gasteiger charge is -1.76. The molecule has 12 heteroatoms. The predicted molar refractivity (Wildman–Crippen MR) is 54.5 cm³/mol. The van der Waals surface area contributed by atoms with E-state index in [4.69, 9.17) is 0 Å². The predicted octanol–water partition coefficient (Wildman–Crippen LogP) is -1.71. The van der Waals surface area contributed by atoms with Crippen molar-refractivity contribution in [3.8, 4) is 0 Å². The summed E-state index contributed by atoms with van der Waals surface area (Å²) in [5, 5.41) is 27.5. The van der Waals surface area contributed by atoms with Gasteiger partial charge in [0.2, 0.25) is 22.6 Å². The third-order valence-corrected chi connectivity index (χ3v) is 1.85. The highest BCUT2D eigenvalue weighted by molar-refractivity contribution is 5.62. The fraction of sp³-hybridized carbons (Fsp3) is 0. The zero-order valence-corrected chi connectivity index (χ0v) is 8.63. The second-order valence-corrected chi connectivity index (χ2v) is 2.91. The maximum atomic E-state index is 3.79. The first kappa shape index (κ1) is 10.0. The highest BCUT2D eigenvalue weighted by Gasteiger charge is 1.95. The molecular weight excluding hydrogens is 240 g/mol. The van der Waals surface area contributed by atoms with Crippen molar-refractivity contribution >= 4 is 22.6 Å². The van der Waals surface area contributed by atoms with E-state index in [1.54, 1.807) is 0 Å². The summed E-state index contributed by atoms with van der Waals surface area (Å²) in [6.45, 7) is 0. The van der Waals surface area contributed by atoms with Crippen LogP contribution in [-0.4, -0.2) is 61.2 Å². The molecule has 0 fully saturated rings. The van der Waals surface area contributed by atoms with Gasteiger partial charge in [0.25, 0.3) is 0 Å². The van der Waals surface area contributed by atoms with Crippen molar-refractivity contribution in [3.05, 3.63) is 12.7 Å². The summed E-state index contributed by atoms with van der Waals surface area (Å²) < 4.78 is 0. The SMILES string of the molecule is c1nc2nnnnc2[nH]1.c1nc2nnnnc2[nH]1. The maximum Gasteiger partial charge on any atom is 0.222 e. The number of imidazole rings is 2. The number of nitrogens with zero attached hydrogens (tertiary/aromatic N) is 10. The molecule has 18 heavy (non-hydrogen) atoms. The van der Waals surface area contributed by atoms with Crippen LogP contribution in [0, 0.1) is 0 Å². The van der Waals surface area contributed by atoms with Gasteiger partial charge in [0.05, 0.1) is 12.7 Å². The second kappa shape index (κ2) is 4.36. The summed E-state index contributed by atoms with van der Waals surface area (Å²) in [5.74, 6) is 0. The second-order valence-electron chi connectivity index (χ2n) is 2.91. The maximum absolute atomic E-state index is 3.79. The molecule has 0 aliphatic rings. The van der Waals surface area contributed by atoms with E-state index in [-0.39, 0.29) is 0 Å². The third-order valence-electron chi connectivity index (χ3n) is 1.85. The molecule has 2 N–H and O–H groups in total. The summed E-state index contributed by atoms with van der Waals surface area (Å²) in [6.07, 6.45) is 2.99. The third kappa shape index (κ3) is 1.89. The van der Waals surface area contributed by atoms with Gasteiger partial charge in [0, 0.05) is 0 Å². The van der Waals surface area contributed by atoms with E-state index in [0.717, 1.165) is 0 Å². The monoisotopic (exact) mass is 244 g/mol. The zero-order chi connectivity index (χ0) is 12.2.